The number of carboxylic acid groups (broad SMARTS) is 1. The molecule has 16 rings (SSSR count). The average Bonchev–Trinajstić information content (AvgIpc) is 1.58. The first-order valence-electron chi connectivity index (χ1n) is 35.9. The molecule has 5 N–H and O–H groups in total. The van der Waals surface area contributed by atoms with Crippen LogP contribution in [0, 0.1) is 27.7 Å². The van der Waals surface area contributed by atoms with Crippen molar-refractivity contribution in [2.24, 2.45) is 0 Å². The number of fused-ring (bicyclic) bond motifs is 12. The van der Waals surface area contributed by atoms with Gasteiger partial charge in [0.15, 0.2) is 24.3 Å². The molecule has 12 aromatic rings. The van der Waals surface area contributed by atoms with Gasteiger partial charge < -0.3 is 72.2 Å². The summed E-state index contributed by atoms with van der Waals surface area (Å²) in [4.78, 5) is 49.4. The van der Waals surface area contributed by atoms with E-state index in [4.69, 9.17) is 8.83 Å². The highest BCUT2D eigenvalue weighted by Gasteiger charge is 2.37. The van der Waals surface area contributed by atoms with Gasteiger partial charge in [-0.2, -0.15) is 0 Å². The molecular weight excluding hydrogens is 1310 g/mol. The van der Waals surface area contributed by atoms with Crippen molar-refractivity contribution in [1.82, 2.24) is 57.8 Å². The summed E-state index contributed by atoms with van der Waals surface area (Å²) >= 11 is 0. The van der Waals surface area contributed by atoms with Crippen LogP contribution in [0.15, 0.2) is 144 Å². The normalized spacial score (nSPS) is 17.2. The molecule has 0 bridgehead atoms. The van der Waals surface area contributed by atoms with Gasteiger partial charge in [-0.25, -0.2) is 14.8 Å². The Balaban J connectivity index is 0.000000124. The van der Waals surface area contributed by atoms with Crippen LogP contribution in [0.3, 0.4) is 0 Å². The molecule has 544 valence electrons. The van der Waals surface area contributed by atoms with E-state index in [1.54, 1.807) is 52.2 Å². The monoisotopic (exact) mass is 1410 g/mol. The van der Waals surface area contributed by atoms with Crippen LogP contribution in [-0.2, 0) is 100 Å². The maximum Gasteiger partial charge on any atom is 0.336 e. The first-order chi connectivity index (χ1) is 49.5. The van der Waals surface area contributed by atoms with Crippen LogP contribution in [0.25, 0.3) is 43.6 Å². The third kappa shape index (κ3) is 14.6. The maximum absolute atomic E-state index is 12.0. The molecule has 4 aliphatic rings. The molecule has 0 radical (unpaired) electrons. The zero-order valence-electron chi connectivity index (χ0n) is 62.3. The van der Waals surface area contributed by atoms with Crippen molar-refractivity contribution in [3.05, 3.63) is 236 Å². The molecule has 4 unspecified atom stereocenters. The number of benzene rings is 4. The van der Waals surface area contributed by atoms with Gasteiger partial charge in [0.1, 0.15) is 40.1 Å². The zero-order chi connectivity index (χ0) is 73.9. The van der Waals surface area contributed by atoms with Gasteiger partial charge in [0, 0.05) is 181 Å². The summed E-state index contributed by atoms with van der Waals surface area (Å²) in [7, 11) is 8.58. The fourth-order valence-electron chi connectivity index (χ4n) is 16.2. The summed E-state index contributed by atoms with van der Waals surface area (Å²) in [5.74, 6) is -0.694. The van der Waals surface area contributed by atoms with Gasteiger partial charge in [-0.15, -0.1) is 0 Å². The number of oxazole rings is 2. The predicted octanol–water partition coefficient (Wildman–Crippen LogP) is 12.0. The summed E-state index contributed by atoms with van der Waals surface area (Å²) < 4.78 is 19.4. The van der Waals surface area contributed by atoms with Gasteiger partial charge in [0.05, 0.1) is 37.9 Å². The molecule has 0 aliphatic carbocycles. The second kappa shape index (κ2) is 28.9. The number of aromatic nitrogens is 8. The number of aromatic carboxylic acids is 1. The van der Waals surface area contributed by atoms with E-state index < -0.39 is 28.4 Å². The molecule has 4 aromatic carbocycles. The Labute approximate surface area is 607 Å². The van der Waals surface area contributed by atoms with Gasteiger partial charge in [-0.1, -0.05) is 52.6 Å². The van der Waals surface area contributed by atoms with E-state index in [-0.39, 0.29) is 17.9 Å². The van der Waals surface area contributed by atoms with Gasteiger partial charge in [0.2, 0.25) is 0 Å². The molecule has 104 heavy (non-hydrogen) atoms. The van der Waals surface area contributed by atoms with Gasteiger partial charge >= 0.3 is 5.97 Å². The molecule has 0 spiro atoms. The van der Waals surface area contributed by atoms with E-state index in [0.29, 0.717) is 47.9 Å². The number of aryl methyl sites for hydroxylation is 4. The van der Waals surface area contributed by atoms with Crippen LogP contribution >= 0.6 is 0 Å². The molecule has 21 heteroatoms. The van der Waals surface area contributed by atoms with Gasteiger partial charge in [-0.05, 0) is 166 Å². The maximum atomic E-state index is 12.0. The van der Waals surface area contributed by atoms with Crippen molar-refractivity contribution in [2.45, 2.75) is 163 Å². The number of rotatable bonds is 14. The number of Topliss-reactive ketones (excluding diaryl/α,β-unsaturated/α-hetero) is 1. The number of carboxylic acids is 1. The second-order valence-electron chi connectivity index (χ2n) is 30.6. The highest BCUT2D eigenvalue weighted by molar-refractivity contribution is 5.94. The number of pyridine rings is 2. The molecule has 0 saturated heterocycles. The lowest BCUT2D eigenvalue weighted by Crippen LogP contribution is -2.33. The van der Waals surface area contributed by atoms with E-state index in [0.717, 1.165) is 89.1 Å². The predicted molar refractivity (Wildman–Crippen MR) is 404 cm³/mol. The Bertz CT molecular complexity index is 4850. The fraction of sp³-hybridized carbons (Fsp3) is 0.398. The van der Waals surface area contributed by atoms with Crippen LogP contribution in [0.5, 0.6) is 0 Å². The number of likely N-dealkylation sites (N-methyl/N-ethyl adjacent to an activating group) is 4. The van der Waals surface area contributed by atoms with Crippen molar-refractivity contribution in [2.75, 3.05) is 54.4 Å². The van der Waals surface area contributed by atoms with Gasteiger partial charge in [0.25, 0.3) is 0 Å². The molecule has 4 aliphatic heterocycles. The molecule has 0 saturated carbocycles. The highest BCUT2D eigenvalue weighted by atomic mass is 16.4. The van der Waals surface area contributed by atoms with E-state index in [2.05, 4.69) is 186 Å². The molecule has 21 nitrogen and oxygen atoms in total. The van der Waals surface area contributed by atoms with Crippen molar-refractivity contribution in [1.29, 1.82) is 0 Å². The Morgan fingerprint density at radius 3 is 1.23 bits per heavy atom. The third-order valence-corrected chi connectivity index (χ3v) is 21.6. The smallest absolute Gasteiger partial charge is 0.336 e. The Morgan fingerprint density at radius 2 is 0.865 bits per heavy atom. The molecule has 0 fully saturated rings. The van der Waals surface area contributed by atoms with E-state index in [9.17, 15) is 35.1 Å². The van der Waals surface area contributed by atoms with E-state index in [1.165, 1.54) is 144 Å². The van der Waals surface area contributed by atoms with Crippen LogP contribution in [0.1, 0.15) is 145 Å². The zero-order valence-corrected chi connectivity index (χ0v) is 62.3. The first-order valence-corrected chi connectivity index (χ1v) is 35.9. The average molecular weight is 1410 g/mol. The van der Waals surface area contributed by atoms with E-state index >= 15 is 0 Å². The number of hydrogen-bond acceptors (Lipinski definition) is 16. The standard InChI is InChI=1S/C23H27N3O2.C22H25N3O3.2C19H23N3O2/c1-15-7-8-20-17(12-15)18-13-25(4)11-9-21(18)26(20)14-23(3,28)19-6-5-10-24-22(19)16(2)27;1-14-4-5-19-16(10-14)17-12-24(3)9-7-20(17)25(19)13-22(2,28)18-11-23-8-6-15(18)21(26)27;1-13-4-5-16-14(8-13)15-10-21(3)7-6-17(15)22(16)11-19(2,23)18-9-20-12-24-18;1-13-4-5-16-14(8-13)15-9-21(3)7-6-17(15)22(16)11-19(2,23)18-10-24-12-20-18/h5-8,10,12,28H,9,11,13-14H2,1-4H3;4-6,8,10-11,28H,7,9,12-13H2,1-3H3,(H,26,27);4-5,8-9,12,23H,6-7,10-11H2,1-3H3;4-5,8,10,12,23H,6-7,9,11H2,1-3H3. The molecule has 4 atom stereocenters. The van der Waals surface area contributed by atoms with E-state index in [1.807, 2.05) is 0 Å². The number of carbonyl (C=O) groups excluding carboxylic acids is 1. The number of aliphatic hydroxyl groups is 4. The third-order valence-electron chi connectivity index (χ3n) is 21.6. The fourth-order valence-corrected chi connectivity index (χ4v) is 16.2. The lowest BCUT2D eigenvalue weighted by atomic mass is 9.92. The summed E-state index contributed by atoms with van der Waals surface area (Å²) in [6.45, 7) is 26.3. The largest absolute Gasteiger partial charge is 0.478 e. The van der Waals surface area contributed by atoms with Crippen molar-refractivity contribution in [3.63, 3.8) is 0 Å². The van der Waals surface area contributed by atoms with Crippen molar-refractivity contribution in [3.8, 4) is 0 Å². The number of carbonyl (C=O) groups is 2. The van der Waals surface area contributed by atoms with Crippen LogP contribution in [0.2, 0.25) is 0 Å². The van der Waals surface area contributed by atoms with Crippen LogP contribution in [0.4, 0.5) is 0 Å². The summed E-state index contributed by atoms with van der Waals surface area (Å²) in [5, 5.41) is 59.3. The summed E-state index contributed by atoms with van der Waals surface area (Å²) in [5.41, 5.74) is 17.3. The number of hydrogen-bond donors (Lipinski definition) is 5. The SMILES string of the molecule is CC(=O)c1ncccc1C(C)(O)Cn1c2c(c3cc(C)ccc31)CN(C)CC2.Cc1ccc2c(c1)c1c(n2CC(C)(O)c2cnccc2C(=O)O)CCN(C)C1.Cc1ccc2c(c1)c1c(n2CC(C)(O)c2cnco2)CCN(C)C1.Cc1ccc2c(c1)c1c(n2CC(C)(O)c2cocn2)CCN(C)C1. The quantitative estimate of drug-likeness (QED) is 0.0635. The number of nitrogens with zero attached hydrogens (tertiary/aromatic N) is 12. The molecular formula is C83H98N12O9. The molecule has 0 amide bonds. The number of ketones is 1. The minimum Gasteiger partial charge on any atom is -0.478 e. The van der Waals surface area contributed by atoms with Crippen molar-refractivity contribution < 1.29 is 44.0 Å². The van der Waals surface area contributed by atoms with Crippen molar-refractivity contribution >= 4 is 55.4 Å². The Hall–Kier alpha value is -9.42. The lowest BCUT2D eigenvalue weighted by molar-refractivity contribution is 0.0168. The molecule has 8 aromatic heterocycles. The van der Waals surface area contributed by atoms with Crippen LogP contribution in [-0.4, -0.2) is 149 Å². The second-order valence-corrected chi connectivity index (χ2v) is 30.6. The minimum absolute atomic E-state index is 0.0842. The van der Waals surface area contributed by atoms with Gasteiger partial charge in [-0.3, -0.25) is 14.8 Å². The Morgan fingerprint density at radius 1 is 0.471 bits per heavy atom. The minimum atomic E-state index is -1.37. The summed E-state index contributed by atoms with van der Waals surface area (Å²) in [6, 6.07) is 31.0. The topological polar surface area (TPSA) is 246 Å². The highest BCUT2D eigenvalue weighted by Crippen LogP contribution is 2.40. The molecule has 12 heterocycles. The lowest BCUT2D eigenvalue weighted by Gasteiger charge is -2.29. The van der Waals surface area contributed by atoms with Crippen LogP contribution < -0.4 is 0 Å². The Kier molecular flexibility index (Phi) is 20.3. The first kappa shape index (κ1) is 72.9. The summed E-state index contributed by atoms with van der Waals surface area (Å²) in [6.07, 6.45) is 14.2.